The highest BCUT2D eigenvalue weighted by Gasteiger charge is 2.13. The average molecular weight is 258 g/mol. The normalized spacial score (nSPS) is 13.5. The van der Waals surface area contributed by atoms with Crippen LogP contribution in [0.3, 0.4) is 0 Å². The van der Waals surface area contributed by atoms with Crippen LogP contribution >= 0.6 is 0 Å². The molecule has 5 nitrogen and oxygen atoms in total. The first-order chi connectivity index (χ1) is 7.95. The second-order valence-electron chi connectivity index (χ2n) is 3.21. The lowest BCUT2D eigenvalue weighted by molar-refractivity contribution is -0.384. The summed E-state index contributed by atoms with van der Waals surface area (Å²) in [7, 11) is -1.43. The van der Waals surface area contributed by atoms with Crippen molar-refractivity contribution in [2.75, 3.05) is 5.75 Å². The van der Waals surface area contributed by atoms with Crippen LogP contribution in [0.1, 0.15) is 19.4 Å². The lowest BCUT2D eigenvalue weighted by Crippen LogP contribution is -2.03. The Morgan fingerprint density at radius 1 is 1.59 bits per heavy atom. The molecule has 7 heteroatoms. The van der Waals surface area contributed by atoms with Crippen LogP contribution in [0.25, 0.3) is 0 Å². The molecule has 0 aliphatic rings. The molecule has 0 bridgehead atoms. The molecule has 0 aliphatic carbocycles. The molecule has 17 heavy (non-hydrogen) atoms. The van der Waals surface area contributed by atoms with E-state index in [1.807, 2.05) is 0 Å². The molecule has 0 unspecified atom stereocenters. The number of nitro benzene ring substituents is 1. The summed E-state index contributed by atoms with van der Waals surface area (Å²) in [4.78, 5) is 9.93. The first-order valence-corrected chi connectivity index (χ1v) is 6.11. The number of hydrogen-bond donors (Lipinski definition) is 0. The standard InChI is InChI=1S/C10H11FN2O3S/c1-3-17(16)12-7(2)9-6-8(13(14)15)4-5-10(9)11/h4-6H,3H2,1-2H3/b12-7+/t17-/m1/s1. The number of hydrogen-bond acceptors (Lipinski definition) is 3. The van der Waals surface area contributed by atoms with E-state index in [1.54, 1.807) is 6.92 Å². The second-order valence-corrected chi connectivity index (χ2v) is 4.61. The maximum absolute atomic E-state index is 13.4. The second kappa shape index (κ2) is 5.62. The molecule has 0 aliphatic heterocycles. The Labute approximate surface area is 100 Å². The summed E-state index contributed by atoms with van der Waals surface area (Å²) in [5.41, 5.74) is -0.0365. The molecule has 0 aromatic heterocycles. The summed E-state index contributed by atoms with van der Waals surface area (Å²) < 4.78 is 28.4. The van der Waals surface area contributed by atoms with Gasteiger partial charge in [-0.3, -0.25) is 10.1 Å². The third-order valence-electron chi connectivity index (χ3n) is 2.04. The number of benzene rings is 1. The first-order valence-electron chi connectivity index (χ1n) is 4.83. The van der Waals surface area contributed by atoms with E-state index in [1.165, 1.54) is 6.92 Å². The van der Waals surface area contributed by atoms with Gasteiger partial charge in [0.05, 0.1) is 10.6 Å². The minimum atomic E-state index is -1.43. The number of non-ortho nitro benzene ring substituents is 1. The van der Waals surface area contributed by atoms with Gasteiger partial charge >= 0.3 is 0 Å². The van der Waals surface area contributed by atoms with Crippen molar-refractivity contribution in [2.24, 2.45) is 4.40 Å². The van der Waals surface area contributed by atoms with Gasteiger partial charge < -0.3 is 0 Å². The Morgan fingerprint density at radius 2 is 2.24 bits per heavy atom. The van der Waals surface area contributed by atoms with E-state index in [0.717, 1.165) is 18.2 Å². The molecule has 0 saturated heterocycles. The Hall–Kier alpha value is -1.63. The van der Waals surface area contributed by atoms with E-state index >= 15 is 0 Å². The van der Waals surface area contributed by atoms with Crippen molar-refractivity contribution in [1.29, 1.82) is 0 Å². The largest absolute Gasteiger partial charge is 0.270 e. The Morgan fingerprint density at radius 3 is 2.76 bits per heavy atom. The molecule has 1 aromatic carbocycles. The van der Waals surface area contributed by atoms with Gasteiger partial charge in [0.15, 0.2) is 0 Å². The van der Waals surface area contributed by atoms with E-state index in [2.05, 4.69) is 4.40 Å². The fourth-order valence-corrected chi connectivity index (χ4v) is 1.70. The minimum Gasteiger partial charge on any atom is -0.258 e. The average Bonchev–Trinajstić information content (AvgIpc) is 2.28. The Bertz CT molecular complexity index is 502. The van der Waals surface area contributed by atoms with Gasteiger partial charge in [-0.2, -0.15) is 4.40 Å². The van der Waals surface area contributed by atoms with Gasteiger partial charge in [0.2, 0.25) is 0 Å². The molecule has 0 spiro atoms. The van der Waals surface area contributed by atoms with Crippen molar-refractivity contribution < 1.29 is 13.5 Å². The van der Waals surface area contributed by atoms with E-state index in [9.17, 15) is 18.7 Å². The molecule has 0 amide bonds. The highest BCUT2D eigenvalue weighted by Crippen LogP contribution is 2.17. The van der Waals surface area contributed by atoms with Gasteiger partial charge in [-0.15, -0.1) is 0 Å². The quantitative estimate of drug-likeness (QED) is 0.472. The number of nitro groups is 1. The number of nitrogens with zero attached hydrogens (tertiary/aromatic N) is 2. The van der Waals surface area contributed by atoms with Crippen molar-refractivity contribution >= 4 is 22.4 Å². The lowest BCUT2D eigenvalue weighted by atomic mass is 10.1. The summed E-state index contributed by atoms with van der Waals surface area (Å²) in [6.07, 6.45) is 0. The summed E-state index contributed by atoms with van der Waals surface area (Å²) >= 11 is 0. The topological polar surface area (TPSA) is 72.6 Å². The molecular weight excluding hydrogens is 247 g/mol. The fraction of sp³-hybridized carbons (Fsp3) is 0.300. The number of halogens is 1. The van der Waals surface area contributed by atoms with E-state index in [0.29, 0.717) is 5.75 Å². The number of rotatable bonds is 4. The zero-order chi connectivity index (χ0) is 13.0. The van der Waals surface area contributed by atoms with Gasteiger partial charge in [-0.05, 0) is 13.0 Å². The van der Waals surface area contributed by atoms with Crippen LogP contribution in [0.4, 0.5) is 10.1 Å². The highest BCUT2D eigenvalue weighted by atomic mass is 32.2. The van der Waals surface area contributed by atoms with Crippen LogP contribution < -0.4 is 0 Å². The highest BCUT2D eigenvalue weighted by molar-refractivity contribution is 7.83. The summed E-state index contributed by atoms with van der Waals surface area (Å²) in [6.45, 7) is 3.15. The molecule has 1 atom stereocenters. The molecule has 0 saturated carbocycles. The van der Waals surface area contributed by atoms with Crippen molar-refractivity contribution in [2.45, 2.75) is 13.8 Å². The van der Waals surface area contributed by atoms with Crippen molar-refractivity contribution in [3.8, 4) is 0 Å². The van der Waals surface area contributed by atoms with Gasteiger partial charge in [-0.25, -0.2) is 8.60 Å². The summed E-state index contributed by atoms with van der Waals surface area (Å²) in [5.74, 6) is -0.307. The zero-order valence-electron chi connectivity index (χ0n) is 9.34. The van der Waals surface area contributed by atoms with Crippen LogP contribution in [0.15, 0.2) is 22.6 Å². The SMILES string of the molecule is CC[S@@](=O)/N=C(\C)c1cc([N+](=O)[O-])ccc1F. The molecule has 0 radical (unpaired) electrons. The molecule has 0 heterocycles. The van der Waals surface area contributed by atoms with Gasteiger partial charge in [0, 0.05) is 23.4 Å². The predicted octanol–water partition coefficient (Wildman–Crippen LogP) is 2.23. The van der Waals surface area contributed by atoms with E-state index < -0.39 is 21.7 Å². The van der Waals surface area contributed by atoms with E-state index in [-0.39, 0.29) is 17.0 Å². The fourth-order valence-electron chi connectivity index (χ4n) is 1.17. The maximum atomic E-state index is 13.4. The Kier molecular flexibility index (Phi) is 4.45. The first kappa shape index (κ1) is 13.4. The van der Waals surface area contributed by atoms with Crippen LogP contribution in [0.2, 0.25) is 0 Å². The van der Waals surface area contributed by atoms with Crippen molar-refractivity contribution in [3.63, 3.8) is 0 Å². The smallest absolute Gasteiger partial charge is 0.258 e. The van der Waals surface area contributed by atoms with E-state index in [4.69, 9.17) is 0 Å². The molecule has 92 valence electrons. The zero-order valence-corrected chi connectivity index (χ0v) is 10.2. The summed E-state index contributed by atoms with van der Waals surface area (Å²) in [5, 5.41) is 10.5. The molecular formula is C10H11FN2O3S. The lowest BCUT2D eigenvalue weighted by Gasteiger charge is -2.02. The van der Waals surface area contributed by atoms with Crippen LogP contribution in [-0.4, -0.2) is 20.6 Å². The van der Waals surface area contributed by atoms with Gasteiger partial charge in [0.1, 0.15) is 16.8 Å². The van der Waals surface area contributed by atoms with Gasteiger partial charge in [-0.1, -0.05) is 6.92 Å². The molecule has 0 N–H and O–H groups in total. The van der Waals surface area contributed by atoms with Crippen LogP contribution in [0.5, 0.6) is 0 Å². The monoisotopic (exact) mass is 258 g/mol. The van der Waals surface area contributed by atoms with Crippen LogP contribution in [0, 0.1) is 15.9 Å². The van der Waals surface area contributed by atoms with Crippen molar-refractivity contribution in [1.82, 2.24) is 0 Å². The minimum absolute atomic E-state index is 0.000926. The predicted molar refractivity (Wildman–Crippen MR) is 63.9 cm³/mol. The third kappa shape index (κ3) is 3.42. The summed E-state index contributed by atoms with van der Waals surface area (Å²) in [6, 6.07) is 3.16. The molecule has 1 aromatic rings. The maximum Gasteiger partial charge on any atom is 0.270 e. The Balaban J connectivity index is 3.21. The molecule has 1 rings (SSSR count). The third-order valence-corrected chi connectivity index (χ3v) is 3.01. The molecule has 0 fully saturated rings. The van der Waals surface area contributed by atoms with Crippen molar-refractivity contribution in [3.05, 3.63) is 39.7 Å². The van der Waals surface area contributed by atoms with Crippen LogP contribution in [-0.2, 0) is 11.0 Å². The van der Waals surface area contributed by atoms with Gasteiger partial charge in [0.25, 0.3) is 5.69 Å².